The molecule has 0 saturated heterocycles. The summed E-state index contributed by atoms with van der Waals surface area (Å²) in [6, 6.07) is 8.93. The van der Waals surface area contributed by atoms with Crippen LogP contribution in [0.25, 0.3) is 0 Å². The molecule has 2 atom stereocenters. The highest BCUT2D eigenvalue weighted by Crippen LogP contribution is 2.25. The molecule has 0 heterocycles. The Morgan fingerprint density at radius 1 is 1.31 bits per heavy atom. The lowest BCUT2D eigenvalue weighted by atomic mass is 10.1. The number of aliphatic hydroxyl groups is 1. The Morgan fingerprint density at radius 3 is 2.69 bits per heavy atom. The number of hydrogen-bond acceptors (Lipinski definition) is 3. The average Bonchev–Trinajstić information content (AvgIpc) is 2.73. The van der Waals surface area contributed by atoms with Crippen LogP contribution in [0.5, 0.6) is 0 Å². The number of esters is 1. The lowest BCUT2D eigenvalue weighted by molar-refractivity contribution is 0.0303. The molecular weight excluding hydrogens is 204 g/mol. The molecule has 1 aromatic rings. The van der Waals surface area contributed by atoms with Crippen molar-refractivity contribution >= 4 is 5.97 Å². The summed E-state index contributed by atoms with van der Waals surface area (Å²) in [5, 5.41) is 9.58. The third-order valence-electron chi connectivity index (χ3n) is 3.06. The third-order valence-corrected chi connectivity index (χ3v) is 3.06. The van der Waals surface area contributed by atoms with Gasteiger partial charge in [0.1, 0.15) is 0 Å². The van der Waals surface area contributed by atoms with Gasteiger partial charge in [-0.2, -0.15) is 0 Å². The minimum atomic E-state index is -0.306. The van der Waals surface area contributed by atoms with E-state index in [0.29, 0.717) is 12.2 Å². The quantitative estimate of drug-likeness (QED) is 0.792. The normalized spacial score (nSPS) is 24.3. The van der Waals surface area contributed by atoms with Gasteiger partial charge in [-0.1, -0.05) is 24.6 Å². The molecule has 0 radical (unpaired) electrons. The Labute approximate surface area is 95.0 Å². The van der Waals surface area contributed by atoms with Crippen LogP contribution in [0, 0.1) is 5.92 Å². The van der Waals surface area contributed by atoms with Gasteiger partial charge in [0.25, 0.3) is 0 Å². The summed E-state index contributed by atoms with van der Waals surface area (Å²) in [4.78, 5) is 11.6. The molecule has 1 aliphatic carbocycles. The first-order valence-corrected chi connectivity index (χ1v) is 5.67. The van der Waals surface area contributed by atoms with Crippen LogP contribution in [0.3, 0.4) is 0 Å². The van der Waals surface area contributed by atoms with Gasteiger partial charge < -0.3 is 9.84 Å². The van der Waals surface area contributed by atoms with Gasteiger partial charge in [0.2, 0.25) is 0 Å². The van der Waals surface area contributed by atoms with Crippen molar-refractivity contribution < 1.29 is 14.6 Å². The van der Waals surface area contributed by atoms with Crippen molar-refractivity contribution in [2.24, 2.45) is 5.92 Å². The SMILES string of the molecule is O=C(OCC1CCCC1O)c1ccccc1. The van der Waals surface area contributed by atoms with Crippen LogP contribution in [-0.2, 0) is 4.74 Å². The van der Waals surface area contributed by atoms with E-state index in [0.717, 1.165) is 19.3 Å². The molecule has 16 heavy (non-hydrogen) atoms. The highest BCUT2D eigenvalue weighted by molar-refractivity contribution is 5.89. The van der Waals surface area contributed by atoms with Gasteiger partial charge in [-0.15, -0.1) is 0 Å². The molecule has 0 spiro atoms. The van der Waals surface area contributed by atoms with Crippen LogP contribution >= 0.6 is 0 Å². The molecule has 3 nitrogen and oxygen atoms in total. The van der Waals surface area contributed by atoms with Crippen molar-refractivity contribution in [2.45, 2.75) is 25.4 Å². The summed E-state index contributed by atoms with van der Waals surface area (Å²) in [5.41, 5.74) is 0.565. The molecule has 0 bridgehead atoms. The van der Waals surface area contributed by atoms with Gasteiger partial charge in [0, 0.05) is 5.92 Å². The Bertz CT molecular complexity index is 347. The topological polar surface area (TPSA) is 46.5 Å². The van der Waals surface area contributed by atoms with Crippen molar-refractivity contribution in [2.75, 3.05) is 6.61 Å². The zero-order valence-electron chi connectivity index (χ0n) is 9.13. The molecule has 1 aliphatic rings. The third kappa shape index (κ3) is 2.61. The Kier molecular flexibility index (Phi) is 3.57. The number of rotatable bonds is 3. The standard InChI is InChI=1S/C13H16O3/c14-12-8-4-7-11(12)9-16-13(15)10-5-2-1-3-6-10/h1-3,5-6,11-12,14H,4,7-9H2. The van der Waals surface area contributed by atoms with E-state index in [9.17, 15) is 9.90 Å². The zero-order chi connectivity index (χ0) is 11.4. The van der Waals surface area contributed by atoms with E-state index in [1.807, 2.05) is 6.07 Å². The lowest BCUT2D eigenvalue weighted by Crippen LogP contribution is -2.21. The molecule has 1 aromatic carbocycles. The van der Waals surface area contributed by atoms with Crippen molar-refractivity contribution in [1.29, 1.82) is 0 Å². The molecule has 2 rings (SSSR count). The predicted octanol–water partition coefficient (Wildman–Crippen LogP) is 2.00. The van der Waals surface area contributed by atoms with Gasteiger partial charge >= 0.3 is 5.97 Å². The van der Waals surface area contributed by atoms with Crippen molar-refractivity contribution in [1.82, 2.24) is 0 Å². The summed E-state index contributed by atoms with van der Waals surface area (Å²) < 4.78 is 5.18. The van der Waals surface area contributed by atoms with E-state index in [1.165, 1.54) is 0 Å². The molecule has 1 fully saturated rings. The number of carbonyl (C=O) groups excluding carboxylic acids is 1. The predicted molar refractivity (Wildman–Crippen MR) is 60.1 cm³/mol. The van der Waals surface area contributed by atoms with Gasteiger partial charge in [0.15, 0.2) is 0 Å². The summed E-state index contributed by atoms with van der Waals surface area (Å²) in [7, 11) is 0. The van der Waals surface area contributed by atoms with Crippen LogP contribution in [0.4, 0.5) is 0 Å². The van der Waals surface area contributed by atoms with Gasteiger partial charge in [-0.25, -0.2) is 4.79 Å². The number of benzene rings is 1. The van der Waals surface area contributed by atoms with Gasteiger partial charge in [0.05, 0.1) is 18.3 Å². The minimum Gasteiger partial charge on any atom is -0.462 e. The molecule has 2 unspecified atom stereocenters. The molecular formula is C13H16O3. The fraction of sp³-hybridized carbons (Fsp3) is 0.462. The summed E-state index contributed by atoms with van der Waals surface area (Å²) in [5.74, 6) is -0.188. The first-order valence-electron chi connectivity index (χ1n) is 5.67. The second-order valence-electron chi connectivity index (χ2n) is 4.22. The number of ether oxygens (including phenoxy) is 1. The highest BCUT2D eigenvalue weighted by atomic mass is 16.5. The molecule has 0 aromatic heterocycles. The Hall–Kier alpha value is -1.35. The van der Waals surface area contributed by atoms with E-state index in [4.69, 9.17) is 4.74 Å². The number of aliphatic hydroxyl groups excluding tert-OH is 1. The van der Waals surface area contributed by atoms with Crippen molar-refractivity contribution in [3.05, 3.63) is 35.9 Å². The fourth-order valence-corrected chi connectivity index (χ4v) is 2.05. The first kappa shape index (κ1) is 11.1. The van der Waals surface area contributed by atoms with Crippen LogP contribution < -0.4 is 0 Å². The summed E-state index contributed by atoms with van der Waals surface area (Å²) in [6.07, 6.45) is 2.49. The van der Waals surface area contributed by atoms with Crippen LogP contribution in [0.15, 0.2) is 30.3 Å². The van der Waals surface area contributed by atoms with Crippen molar-refractivity contribution in [3.63, 3.8) is 0 Å². The van der Waals surface area contributed by atoms with E-state index >= 15 is 0 Å². The van der Waals surface area contributed by atoms with E-state index < -0.39 is 0 Å². The van der Waals surface area contributed by atoms with Gasteiger partial charge in [-0.05, 0) is 25.0 Å². The van der Waals surface area contributed by atoms with Crippen LogP contribution in [0.2, 0.25) is 0 Å². The first-order chi connectivity index (χ1) is 7.77. The summed E-state index contributed by atoms with van der Waals surface area (Å²) in [6.45, 7) is 0.328. The maximum absolute atomic E-state index is 11.6. The number of hydrogen-bond donors (Lipinski definition) is 1. The van der Waals surface area contributed by atoms with E-state index in [-0.39, 0.29) is 18.0 Å². The smallest absolute Gasteiger partial charge is 0.338 e. The van der Waals surface area contributed by atoms with E-state index in [2.05, 4.69) is 0 Å². The molecule has 3 heteroatoms. The Balaban J connectivity index is 1.84. The highest BCUT2D eigenvalue weighted by Gasteiger charge is 2.26. The van der Waals surface area contributed by atoms with Crippen LogP contribution in [-0.4, -0.2) is 23.8 Å². The van der Waals surface area contributed by atoms with Gasteiger partial charge in [-0.3, -0.25) is 0 Å². The summed E-state index contributed by atoms with van der Waals surface area (Å²) >= 11 is 0. The molecule has 1 N–H and O–H groups in total. The van der Waals surface area contributed by atoms with E-state index in [1.54, 1.807) is 24.3 Å². The zero-order valence-corrected chi connectivity index (χ0v) is 9.13. The van der Waals surface area contributed by atoms with Crippen LogP contribution in [0.1, 0.15) is 29.6 Å². The second kappa shape index (κ2) is 5.12. The number of carbonyl (C=O) groups is 1. The maximum atomic E-state index is 11.6. The molecule has 0 aliphatic heterocycles. The molecule has 1 saturated carbocycles. The molecule has 0 amide bonds. The second-order valence-corrected chi connectivity index (χ2v) is 4.22. The largest absolute Gasteiger partial charge is 0.462 e. The fourth-order valence-electron chi connectivity index (χ4n) is 2.05. The lowest BCUT2D eigenvalue weighted by Gasteiger charge is -2.14. The molecule has 86 valence electrons. The Morgan fingerprint density at radius 2 is 2.06 bits per heavy atom. The van der Waals surface area contributed by atoms with Crippen molar-refractivity contribution in [3.8, 4) is 0 Å². The monoisotopic (exact) mass is 220 g/mol. The average molecular weight is 220 g/mol. The maximum Gasteiger partial charge on any atom is 0.338 e. The minimum absolute atomic E-state index is 0.118.